The summed E-state index contributed by atoms with van der Waals surface area (Å²) in [7, 11) is -3.41. The molecule has 5 nitrogen and oxygen atoms in total. The molecule has 0 radical (unpaired) electrons. The number of nitrogens with one attached hydrogen (secondary N) is 2. The van der Waals surface area contributed by atoms with Crippen LogP contribution < -0.4 is 4.72 Å². The standard InChI is InChI=1S/C10H15N3O2S/c14-16(15,10-7-11-8-12-10)13-6-9-4-2-1-3-5-9/h1-2,7-9,13H,3-6H2,(H,11,12). The van der Waals surface area contributed by atoms with Gasteiger partial charge in [-0.05, 0) is 25.2 Å². The monoisotopic (exact) mass is 241 g/mol. The molecular weight excluding hydrogens is 226 g/mol. The Kier molecular flexibility index (Phi) is 3.40. The van der Waals surface area contributed by atoms with Crippen LogP contribution in [0.15, 0.2) is 29.7 Å². The maximum Gasteiger partial charge on any atom is 0.257 e. The first-order chi connectivity index (χ1) is 7.68. The van der Waals surface area contributed by atoms with E-state index < -0.39 is 10.0 Å². The molecule has 1 aliphatic carbocycles. The number of hydrogen-bond donors (Lipinski definition) is 2. The predicted molar refractivity (Wildman–Crippen MR) is 60.3 cm³/mol. The van der Waals surface area contributed by atoms with Gasteiger partial charge in [0.05, 0.1) is 12.5 Å². The molecule has 0 bridgehead atoms. The number of H-pyrrole nitrogens is 1. The van der Waals surface area contributed by atoms with E-state index in [0.29, 0.717) is 12.5 Å². The van der Waals surface area contributed by atoms with Crippen molar-refractivity contribution >= 4 is 10.0 Å². The fourth-order valence-electron chi connectivity index (χ4n) is 1.74. The van der Waals surface area contributed by atoms with Crippen LogP contribution in [-0.2, 0) is 10.0 Å². The predicted octanol–water partition coefficient (Wildman–Crippen LogP) is 1.04. The summed E-state index contributed by atoms with van der Waals surface area (Å²) in [6.07, 6.45) is 9.95. The van der Waals surface area contributed by atoms with Crippen molar-refractivity contribution in [3.8, 4) is 0 Å². The van der Waals surface area contributed by atoms with E-state index in [1.807, 2.05) is 0 Å². The van der Waals surface area contributed by atoms with E-state index in [4.69, 9.17) is 0 Å². The first kappa shape index (κ1) is 11.3. The number of rotatable bonds is 4. The Morgan fingerprint density at radius 1 is 1.50 bits per heavy atom. The fraction of sp³-hybridized carbons (Fsp3) is 0.500. The van der Waals surface area contributed by atoms with Gasteiger partial charge >= 0.3 is 0 Å². The van der Waals surface area contributed by atoms with Crippen molar-refractivity contribution in [2.24, 2.45) is 5.92 Å². The zero-order valence-corrected chi connectivity index (χ0v) is 9.70. The highest BCUT2D eigenvalue weighted by molar-refractivity contribution is 7.89. The highest BCUT2D eigenvalue weighted by Gasteiger charge is 2.18. The number of nitrogens with zero attached hydrogens (tertiary/aromatic N) is 1. The number of allylic oxidation sites excluding steroid dienone is 2. The van der Waals surface area contributed by atoms with Crippen LogP contribution in [0.4, 0.5) is 0 Å². The second-order valence-electron chi connectivity index (χ2n) is 3.92. The van der Waals surface area contributed by atoms with Gasteiger partial charge in [-0.2, -0.15) is 0 Å². The summed E-state index contributed by atoms with van der Waals surface area (Å²) >= 11 is 0. The fourth-order valence-corrected chi connectivity index (χ4v) is 2.76. The summed E-state index contributed by atoms with van der Waals surface area (Å²) in [6.45, 7) is 0.492. The Morgan fingerprint density at radius 2 is 2.38 bits per heavy atom. The molecule has 1 atom stereocenters. The van der Waals surface area contributed by atoms with Crippen LogP contribution in [0.2, 0.25) is 0 Å². The number of aromatic amines is 1. The maximum absolute atomic E-state index is 11.7. The lowest BCUT2D eigenvalue weighted by Gasteiger charge is -2.17. The third kappa shape index (κ3) is 2.70. The zero-order valence-electron chi connectivity index (χ0n) is 8.89. The molecule has 2 rings (SSSR count). The number of aromatic nitrogens is 2. The molecular formula is C10H15N3O2S. The number of imidazole rings is 1. The van der Waals surface area contributed by atoms with Crippen LogP contribution >= 0.6 is 0 Å². The van der Waals surface area contributed by atoms with Crippen molar-refractivity contribution in [1.82, 2.24) is 14.7 Å². The van der Waals surface area contributed by atoms with Crippen LogP contribution in [0.1, 0.15) is 19.3 Å². The van der Waals surface area contributed by atoms with E-state index in [2.05, 4.69) is 26.8 Å². The van der Waals surface area contributed by atoms with Gasteiger partial charge < -0.3 is 4.98 Å². The molecule has 1 aliphatic rings. The van der Waals surface area contributed by atoms with Crippen LogP contribution in [0.3, 0.4) is 0 Å². The van der Waals surface area contributed by atoms with Crippen molar-refractivity contribution in [3.05, 3.63) is 24.7 Å². The molecule has 0 aliphatic heterocycles. The molecule has 6 heteroatoms. The van der Waals surface area contributed by atoms with E-state index in [-0.39, 0.29) is 5.03 Å². The van der Waals surface area contributed by atoms with E-state index in [1.54, 1.807) is 0 Å². The number of sulfonamides is 1. The van der Waals surface area contributed by atoms with E-state index >= 15 is 0 Å². The van der Waals surface area contributed by atoms with Crippen molar-refractivity contribution < 1.29 is 8.42 Å². The summed E-state index contributed by atoms with van der Waals surface area (Å²) in [6, 6.07) is 0. The van der Waals surface area contributed by atoms with Crippen LogP contribution in [0.5, 0.6) is 0 Å². The number of hydrogen-bond acceptors (Lipinski definition) is 3. The summed E-state index contributed by atoms with van der Waals surface area (Å²) in [5.41, 5.74) is 0. The van der Waals surface area contributed by atoms with Gasteiger partial charge in [0, 0.05) is 6.54 Å². The minimum Gasteiger partial charge on any atom is -0.335 e. The molecule has 88 valence electrons. The van der Waals surface area contributed by atoms with Crippen molar-refractivity contribution in [2.75, 3.05) is 6.54 Å². The third-order valence-electron chi connectivity index (χ3n) is 2.70. The first-order valence-corrected chi connectivity index (χ1v) is 6.80. The molecule has 0 spiro atoms. The Morgan fingerprint density at radius 3 is 3.00 bits per heavy atom. The molecule has 0 amide bonds. The van der Waals surface area contributed by atoms with Gasteiger partial charge in [0.15, 0.2) is 5.03 Å². The van der Waals surface area contributed by atoms with Crippen molar-refractivity contribution in [1.29, 1.82) is 0 Å². The highest BCUT2D eigenvalue weighted by Crippen LogP contribution is 2.17. The molecule has 0 aromatic carbocycles. The average molecular weight is 241 g/mol. The van der Waals surface area contributed by atoms with Crippen molar-refractivity contribution in [3.63, 3.8) is 0 Å². The van der Waals surface area contributed by atoms with E-state index in [1.165, 1.54) is 12.5 Å². The van der Waals surface area contributed by atoms with Gasteiger partial charge in [0.25, 0.3) is 10.0 Å². The van der Waals surface area contributed by atoms with Crippen molar-refractivity contribution in [2.45, 2.75) is 24.3 Å². The Bertz CT molecular complexity index is 450. The van der Waals surface area contributed by atoms with Gasteiger partial charge in [0.1, 0.15) is 0 Å². The normalized spacial score (nSPS) is 21.1. The second-order valence-corrected chi connectivity index (χ2v) is 5.65. The van der Waals surface area contributed by atoms with Gasteiger partial charge in [-0.15, -0.1) is 0 Å². The zero-order chi connectivity index (χ0) is 11.4. The molecule has 1 aromatic rings. The SMILES string of the molecule is O=S(=O)(NCC1CC=CCC1)c1cnc[nH]1. The van der Waals surface area contributed by atoms with Gasteiger partial charge in [-0.25, -0.2) is 18.1 Å². The lowest BCUT2D eigenvalue weighted by Crippen LogP contribution is -2.30. The minimum absolute atomic E-state index is 0.124. The smallest absolute Gasteiger partial charge is 0.257 e. The molecule has 0 fully saturated rings. The lowest BCUT2D eigenvalue weighted by atomic mass is 9.95. The summed E-state index contributed by atoms with van der Waals surface area (Å²) in [4.78, 5) is 6.29. The van der Waals surface area contributed by atoms with Gasteiger partial charge in [0.2, 0.25) is 0 Å². The molecule has 0 saturated carbocycles. The third-order valence-corrected chi connectivity index (χ3v) is 4.05. The quantitative estimate of drug-likeness (QED) is 0.773. The maximum atomic E-state index is 11.7. The van der Waals surface area contributed by atoms with E-state index in [9.17, 15) is 8.42 Å². The van der Waals surface area contributed by atoms with E-state index in [0.717, 1.165) is 19.3 Å². The van der Waals surface area contributed by atoms with Crippen LogP contribution in [0, 0.1) is 5.92 Å². The summed E-state index contributed by atoms with van der Waals surface area (Å²) < 4.78 is 26.1. The molecule has 16 heavy (non-hydrogen) atoms. The highest BCUT2D eigenvalue weighted by atomic mass is 32.2. The molecule has 1 aromatic heterocycles. The summed E-state index contributed by atoms with van der Waals surface area (Å²) in [5, 5.41) is 0.124. The van der Waals surface area contributed by atoms with Gasteiger partial charge in [-0.1, -0.05) is 12.2 Å². The minimum atomic E-state index is -3.41. The van der Waals surface area contributed by atoms with Crippen LogP contribution in [-0.4, -0.2) is 24.9 Å². The second kappa shape index (κ2) is 4.80. The Hall–Kier alpha value is -1.14. The molecule has 2 N–H and O–H groups in total. The first-order valence-electron chi connectivity index (χ1n) is 5.31. The Balaban J connectivity index is 1.92. The Labute approximate surface area is 95.0 Å². The average Bonchev–Trinajstić information content (AvgIpc) is 2.82. The largest absolute Gasteiger partial charge is 0.335 e. The molecule has 0 saturated heterocycles. The van der Waals surface area contributed by atoms with Crippen LogP contribution in [0.25, 0.3) is 0 Å². The lowest BCUT2D eigenvalue weighted by molar-refractivity contribution is 0.467. The van der Waals surface area contributed by atoms with Gasteiger partial charge in [-0.3, -0.25) is 0 Å². The molecule has 1 unspecified atom stereocenters. The molecule has 1 heterocycles. The summed E-state index contributed by atoms with van der Waals surface area (Å²) in [5.74, 6) is 0.405. The topological polar surface area (TPSA) is 74.8 Å².